The SMILES string of the molecule is CCCCSC1CC(=O)N(CCCCCC(=O)N[C@H](C(=O)N[C@@H](CCCNC(N)=O)C(=O)Nc2ccc(COC(=O)N(C)[C@H](C(=O)N[C@H](C(=O)N(C)C([C@@H](C)CC)[C@@H](CC(=O)N3CCC[C@H]3[C@H](OC)[C@@H](C)C(=O)N[C@@H](Cc3ccccc3)C(=O)O)OC)C(C)C)C(C)C)cc2)C(C)C)C1=O. The minimum absolute atomic E-state index is 0.0754. The number of aliphatic carboxylic acids is 1. The summed E-state index contributed by atoms with van der Waals surface area (Å²) in [5.74, 6) is -6.46. The maximum absolute atomic E-state index is 14.8. The number of unbranched alkanes of at least 4 members (excludes halogenated alkanes) is 3. The van der Waals surface area contributed by atoms with Crippen LogP contribution in [-0.2, 0) is 75.2 Å². The van der Waals surface area contributed by atoms with Crippen LogP contribution in [0, 0.1) is 29.6 Å². The number of carboxylic acids is 1. The van der Waals surface area contributed by atoms with Gasteiger partial charge in [0.2, 0.25) is 53.2 Å². The molecule has 0 radical (unpaired) electrons. The van der Waals surface area contributed by atoms with E-state index in [1.54, 1.807) is 109 Å². The molecule has 0 saturated carbocycles. The number of nitrogens with one attached hydrogen (secondary N) is 6. The molecule has 2 fully saturated rings. The number of rotatable bonds is 43. The number of amides is 12. The third-order valence-electron chi connectivity index (χ3n) is 18.7. The predicted octanol–water partition coefficient (Wildman–Crippen LogP) is 6.39. The van der Waals surface area contributed by atoms with Crippen LogP contribution in [0.2, 0.25) is 0 Å². The number of likely N-dealkylation sites (tertiary alicyclic amines) is 2. The van der Waals surface area contributed by atoms with Crippen LogP contribution in [-0.4, -0.2) is 209 Å². The third kappa shape index (κ3) is 25.6. The summed E-state index contributed by atoms with van der Waals surface area (Å²) < 4.78 is 17.7. The molecule has 2 aromatic rings. The van der Waals surface area contributed by atoms with Gasteiger partial charge in [0.1, 0.15) is 36.8 Å². The molecule has 0 bridgehead atoms. The van der Waals surface area contributed by atoms with Crippen molar-refractivity contribution in [1.29, 1.82) is 0 Å². The first-order chi connectivity index (χ1) is 47.4. The monoisotopic (exact) mass is 1420 g/mol. The minimum atomic E-state index is -1.19. The molecule has 0 spiro atoms. The number of methoxy groups -OCH3 is 2. The van der Waals surface area contributed by atoms with E-state index in [0.717, 1.165) is 24.2 Å². The molecule has 12 atom stereocenters. The predicted molar refractivity (Wildman–Crippen MR) is 381 cm³/mol. The van der Waals surface area contributed by atoms with Gasteiger partial charge in [-0.25, -0.2) is 14.4 Å². The number of primary amides is 1. The van der Waals surface area contributed by atoms with E-state index in [2.05, 4.69) is 38.8 Å². The van der Waals surface area contributed by atoms with Gasteiger partial charge in [-0.1, -0.05) is 131 Å². The summed E-state index contributed by atoms with van der Waals surface area (Å²) in [7, 11) is 5.97. The normalized spacial score (nSPS) is 17.6. The average Bonchev–Trinajstić information content (AvgIpc) is 1.30. The van der Waals surface area contributed by atoms with Crippen LogP contribution in [0.4, 0.5) is 15.3 Å². The number of thioether (sulfide) groups is 1. The Morgan fingerprint density at radius 2 is 1.38 bits per heavy atom. The number of carboxylic acid groups (broad SMARTS) is 1. The minimum Gasteiger partial charge on any atom is -0.480 e. The number of anilines is 1. The molecule has 0 aromatic heterocycles. The standard InChI is InChI=1S/C72H113N11O16S/c1-15-17-38-100-55-41-58(86)83(68(55)91)36-23-19-22-30-56(84)78-59(43(3)4)66(89)76-51(28-24-35-74-71(73)95)65(88)75-50-33-31-49(32-34-50)42-99-72(96)81(12)61(45(7)8)67(90)79-60(44(5)6)69(92)80(11)62(46(9)16-2)54(97-13)40-57(85)82-37-25-29-53(82)63(98-14)47(10)64(87)77-52(70(93)94)39-48-26-20-18-21-27-48/h18,20-21,26-27,31-34,43-47,51-55,59-63H,15-17,19,22-25,28-30,35-42H2,1-14H3,(H,75,88)(H,76,89)(H,77,87)(H,78,84)(H,79,90)(H,93,94)(H3,73,74,95)/t46-,47+,51-,52-,53-,54+,55?,59-,60-,61-,62?,63+/m0/s1. The van der Waals surface area contributed by atoms with Gasteiger partial charge < -0.3 is 66.8 Å². The molecule has 27 nitrogen and oxygen atoms in total. The Bertz CT molecular complexity index is 3030. The maximum atomic E-state index is 14.8. The number of ether oxygens (including phenoxy) is 3. The Kier molecular flexibility index (Phi) is 35.9. The summed E-state index contributed by atoms with van der Waals surface area (Å²) in [4.78, 5) is 167. The van der Waals surface area contributed by atoms with Gasteiger partial charge in [-0.05, 0) is 97.6 Å². The second-order valence-corrected chi connectivity index (χ2v) is 28.7. The Morgan fingerprint density at radius 3 is 1.97 bits per heavy atom. The number of carbonyl (C=O) groups is 12. The van der Waals surface area contributed by atoms with E-state index >= 15 is 0 Å². The van der Waals surface area contributed by atoms with Crippen molar-refractivity contribution in [3.63, 3.8) is 0 Å². The number of hydrogen-bond acceptors (Lipinski definition) is 16. The summed E-state index contributed by atoms with van der Waals surface area (Å²) in [6.45, 7) is 18.8. The zero-order valence-electron chi connectivity index (χ0n) is 61.1. The first-order valence-electron chi connectivity index (χ1n) is 35.3. The maximum Gasteiger partial charge on any atom is 0.410 e. The lowest BCUT2D eigenvalue weighted by molar-refractivity contribution is -0.148. The van der Waals surface area contributed by atoms with E-state index in [1.165, 1.54) is 47.7 Å². The van der Waals surface area contributed by atoms with E-state index in [9.17, 15) is 62.6 Å². The number of benzene rings is 2. The van der Waals surface area contributed by atoms with Crippen molar-refractivity contribution in [2.45, 2.75) is 225 Å². The van der Waals surface area contributed by atoms with Gasteiger partial charge in [-0.3, -0.25) is 53.0 Å². The molecule has 0 aliphatic carbocycles. The molecular weight excluding hydrogens is 1310 g/mol. The van der Waals surface area contributed by atoms with Gasteiger partial charge in [-0.15, -0.1) is 11.8 Å². The third-order valence-corrected chi connectivity index (χ3v) is 20.0. The van der Waals surface area contributed by atoms with Crippen molar-refractivity contribution < 1.29 is 76.9 Å². The van der Waals surface area contributed by atoms with E-state index in [4.69, 9.17) is 19.9 Å². The number of urea groups is 1. The number of nitrogens with two attached hydrogens (primary N) is 1. The Hall–Kier alpha value is -7.85. The van der Waals surface area contributed by atoms with E-state index in [1.807, 2.05) is 19.9 Å². The molecule has 558 valence electrons. The number of nitrogens with zero attached hydrogens (tertiary/aromatic N) is 4. The van der Waals surface area contributed by atoms with Crippen LogP contribution < -0.4 is 37.6 Å². The Labute approximate surface area is 594 Å². The van der Waals surface area contributed by atoms with Gasteiger partial charge >= 0.3 is 18.1 Å². The number of likely N-dealkylation sites (N-methyl/N-ethyl adjacent to an activating group) is 2. The van der Waals surface area contributed by atoms with Gasteiger partial charge in [0.15, 0.2) is 0 Å². The molecule has 2 unspecified atom stereocenters. The van der Waals surface area contributed by atoms with Crippen molar-refractivity contribution in [2.75, 3.05) is 59.0 Å². The van der Waals surface area contributed by atoms with Crippen LogP contribution in [0.15, 0.2) is 54.6 Å². The van der Waals surface area contributed by atoms with E-state index in [-0.39, 0.29) is 98.9 Å². The Morgan fingerprint density at radius 1 is 0.720 bits per heavy atom. The van der Waals surface area contributed by atoms with Crippen molar-refractivity contribution in [3.8, 4) is 0 Å². The number of hydrogen-bond donors (Lipinski definition) is 8. The molecule has 2 saturated heterocycles. The number of imide groups is 1. The average molecular weight is 1420 g/mol. The molecule has 12 amide bonds. The highest BCUT2D eigenvalue weighted by Crippen LogP contribution is 2.31. The molecular formula is C72H113N11O16S. The first kappa shape index (κ1) is 84.6. The molecule has 2 heterocycles. The van der Waals surface area contributed by atoms with Gasteiger partial charge in [0, 0.05) is 72.9 Å². The van der Waals surface area contributed by atoms with E-state index in [0.29, 0.717) is 56.3 Å². The quantitative estimate of drug-likeness (QED) is 0.0263. The lowest BCUT2D eigenvalue weighted by Gasteiger charge is -2.41. The van der Waals surface area contributed by atoms with Crippen LogP contribution in [0.25, 0.3) is 0 Å². The molecule has 2 aromatic carbocycles. The van der Waals surface area contributed by atoms with Crippen LogP contribution >= 0.6 is 11.8 Å². The fourth-order valence-electron chi connectivity index (χ4n) is 12.8. The lowest BCUT2D eigenvalue weighted by Crippen LogP contribution is -2.60. The molecule has 100 heavy (non-hydrogen) atoms. The second-order valence-electron chi connectivity index (χ2n) is 27.3. The summed E-state index contributed by atoms with van der Waals surface area (Å²) in [5.41, 5.74) is 6.86. The Balaban J connectivity index is 1.36. The molecule has 2 aliphatic heterocycles. The van der Waals surface area contributed by atoms with Crippen LogP contribution in [0.5, 0.6) is 0 Å². The fourth-order valence-corrected chi connectivity index (χ4v) is 14.0. The summed E-state index contributed by atoms with van der Waals surface area (Å²) in [6, 6.07) is 7.90. The second kappa shape index (κ2) is 42.4. The molecule has 4 rings (SSSR count). The van der Waals surface area contributed by atoms with Crippen molar-refractivity contribution in [1.82, 2.24) is 46.2 Å². The van der Waals surface area contributed by atoms with Crippen molar-refractivity contribution in [2.24, 2.45) is 35.3 Å². The highest BCUT2D eigenvalue weighted by Gasteiger charge is 2.45. The van der Waals surface area contributed by atoms with Crippen molar-refractivity contribution in [3.05, 3.63) is 65.7 Å². The van der Waals surface area contributed by atoms with Gasteiger partial charge in [0.25, 0.3) is 0 Å². The molecule has 28 heteroatoms. The highest BCUT2D eigenvalue weighted by atomic mass is 32.2. The fraction of sp³-hybridized carbons (Fsp3) is 0.667. The highest BCUT2D eigenvalue weighted by molar-refractivity contribution is 8.00. The smallest absolute Gasteiger partial charge is 0.410 e. The largest absolute Gasteiger partial charge is 0.480 e. The molecule has 9 N–H and O–H groups in total. The summed E-state index contributed by atoms with van der Waals surface area (Å²) in [5, 5.41) is 26.1. The van der Waals surface area contributed by atoms with E-state index < -0.39 is 120 Å². The zero-order chi connectivity index (χ0) is 74.5. The zero-order valence-corrected chi connectivity index (χ0v) is 62.0. The van der Waals surface area contributed by atoms with Gasteiger partial charge in [-0.2, -0.15) is 0 Å². The lowest BCUT2D eigenvalue weighted by atomic mass is 9.89. The van der Waals surface area contributed by atoms with Crippen LogP contribution in [0.3, 0.4) is 0 Å². The van der Waals surface area contributed by atoms with Crippen molar-refractivity contribution >= 4 is 88.7 Å². The number of carbonyl (C=O) groups excluding carboxylic acids is 11. The molecule has 2 aliphatic rings. The van der Waals surface area contributed by atoms with Crippen LogP contribution in [0.1, 0.15) is 164 Å². The topological polar surface area (TPSA) is 364 Å². The summed E-state index contributed by atoms with van der Waals surface area (Å²) >= 11 is 1.52. The van der Waals surface area contributed by atoms with Gasteiger partial charge in [0.05, 0.1) is 41.9 Å². The first-order valence-corrected chi connectivity index (χ1v) is 36.3. The summed E-state index contributed by atoms with van der Waals surface area (Å²) in [6.07, 6.45) is 3.43.